The predicted molar refractivity (Wildman–Crippen MR) is 149 cm³/mol. The van der Waals surface area contributed by atoms with Crippen LogP contribution in [0.3, 0.4) is 0 Å². The lowest BCUT2D eigenvalue weighted by Gasteiger charge is -2.08. The fourth-order valence-corrected chi connectivity index (χ4v) is 3.78. The molecule has 9 heteroatoms. The smallest absolute Gasteiger partial charge is 0.271 e. The Balaban J connectivity index is 1.20. The van der Waals surface area contributed by atoms with Gasteiger partial charge < -0.3 is 9.13 Å². The van der Waals surface area contributed by atoms with Gasteiger partial charge in [-0.25, -0.2) is 15.4 Å². The first-order valence-corrected chi connectivity index (χ1v) is 12.0. The number of rotatable bonds is 8. The molecular formula is C29H26N8O. The maximum atomic E-state index is 12.7. The fraction of sp³-hybridized carbons (Fsp3) is 0.0690. The molecule has 2 aromatic heterocycles. The van der Waals surface area contributed by atoms with Gasteiger partial charge in [-0.1, -0.05) is 30.3 Å². The molecule has 5 aromatic rings. The lowest BCUT2D eigenvalue weighted by molar-refractivity contribution is 0.0955. The van der Waals surface area contributed by atoms with Gasteiger partial charge in [-0.2, -0.15) is 10.2 Å². The van der Waals surface area contributed by atoms with E-state index >= 15 is 0 Å². The van der Waals surface area contributed by atoms with E-state index in [2.05, 4.69) is 31.0 Å². The van der Waals surface area contributed by atoms with E-state index in [1.54, 1.807) is 43.2 Å². The van der Waals surface area contributed by atoms with E-state index in [1.807, 2.05) is 90.0 Å². The second-order valence-corrected chi connectivity index (χ2v) is 8.56. The second-order valence-electron chi connectivity index (χ2n) is 8.56. The number of imidazole rings is 2. The zero-order valence-electron chi connectivity index (χ0n) is 21.0. The third kappa shape index (κ3) is 5.73. The summed E-state index contributed by atoms with van der Waals surface area (Å²) in [5.41, 5.74) is 12.3. The monoisotopic (exact) mass is 502 g/mol. The summed E-state index contributed by atoms with van der Waals surface area (Å²) in [5.74, 6) is -0.307. The highest BCUT2D eigenvalue weighted by molar-refractivity contribution is 6.01. The summed E-state index contributed by atoms with van der Waals surface area (Å²) >= 11 is 0. The van der Waals surface area contributed by atoms with Crippen molar-refractivity contribution in [3.05, 3.63) is 127 Å². The van der Waals surface area contributed by atoms with Gasteiger partial charge >= 0.3 is 0 Å². The number of hydrazone groups is 2. The number of amides is 1. The van der Waals surface area contributed by atoms with Crippen molar-refractivity contribution >= 4 is 23.0 Å². The molecule has 0 spiro atoms. The maximum absolute atomic E-state index is 12.7. The molecule has 0 saturated carbocycles. The molecular weight excluding hydrogens is 476 g/mol. The molecule has 0 aliphatic carbocycles. The summed E-state index contributed by atoms with van der Waals surface area (Å²) in [4.78, 5) is 20.9. The van der Waals surface area contributed by atoms with E-state index in [0.717, 1.165) is 28.2 Å². The summed E-state index contributed by atoms with van der Waals surface area (Å²) < 4.78 is 3.86. The summed E-state index contributed by atoms with van der Waals surface area (Å²) in [6.07, 6.45) is 10.8. The third-order valence-electron chi connectivity index (χ3n) is 5.98. The van der Waals surface area contributed by atoms with Crippen molar-refractivity contribution in [1.82, 2.24) is 24.5 Å². The van der Waals surface area contributed by atoms with Crippen LogP contribution >= 0.6 is 0 Å². The Labute approximate surface area is 220 Å². The van der Waals surface area contributed by atoms with E-state index < -0.39 is 0 Å². The lowest BCUT2D eigenvalue weighted by Crippen LogP contribution is -2.19. The quantitative estimate of drug-likeness (QED) is 0.229. The molecule has 3 aromatic carbocycles. The Hall–Kier alpha value is -5.31. The van der Waals surface area contributed by atoms with Gasteiger partial charge in [0.1, 0.15) is 0 Å². The van der Waals surface area contributed by atoms with Crippen LogP contribution in [-0.2, 0) is 0 Å². The summed E-state index contributed by atoms with van der Waals surface area (Å²) in [5, 5.41) is 8.76. The lowest BCUT2D eigenvalue weighted by atomic mass is 10.1. The molecule has 0 aliphatic rings. The molecule has 0 bridgehead atoms. The minimum atomic E-state index is -0.307. The first-order valence-electron chi connectivity index (χ1n) is 12.0. The molecule has 0 radical (unpaired) electrons. The molecule has 9 nitrogen and oxygen atoms in total. The number of nitrogens with zero attached hydrogens (tertiary/aromatic N) is 6. The van der Waals surface area contributed by atoms with Crippen molar-refractivity contribution < 1.29 is 4.79 Å². The highest BCUT2D eigenvalue weighted by Gasteiger charge is 2.07. The molecule has 0 aliphatic heterocycles. The molecule has 188 valence electrons. The standard InChI is InChI=1S/C29H26N8O/c1-21(23-6-10-27(11-7-23)36-16-14-30-19-36)32-34-26-5-3-4-25(18-26)29(38)35-33-22(2)24-8-12-28(13-9-24)37-17-15-31-20-37/h3-20,34H,1-2H3,(H,35,38)/b32-21-,33-22-. The molecule has 0 saturated heterocycles. The Bertz CT molecular complexity index is 1570. The van der Waals surface area contributed by atoms with Crippen LogP contribution < -0.4 is 10.9 Å². The first kappa shape index (κ1) is 24.4. The number of aromatic nitrogens is 4. The van der Waals surface area contributed by atoms with Gasteiger partial charge in [0.15, 0.2) is 0 Å². The summed E-state index contributed by atoms with van der Waals surface area (Å²) in [6, 6.07) is 23.0. The van der Waals surface area contributed by atoms with Crippen molar-refractivity contribution in [1.29, 1.82) is 0 Å². The number of nitrogens with one attached hydrogen (secondary N) is 2. The Kier molecular flexibility index (Phi) is 7.17. The number of carbonyl (C=O) groups excluding carboxylic acids is 1. The van der Waals surface area contributed by atoms with Gasteiger partial charge in [-0.3, -0.25) is 10.2 Å². The van der Waals surface area contributed by atoms with E-state index in [0.29, 0.717) is 17.0 Å². The van der Waals surface area contributed by atoms with Crippen LogP contribution in [0.25, 0.3) is 11.4 Å². The van der Waals surface area contributed by atoms with E-state index in [9.17, 15) is 4.79 Å². The van der Waals surface area contributed by atoms with Crippen molar-refractivity contribution in [2.75, 3.05) is 5.43 Å². The molecule has 38 heavy (non-hydrogen) atoms. The maximum Gasteiger partial charge on any atom is 0.271 e. The minimum absolute atomic E-state index is 0.307. The van der Waals surface area contributed by atoms with Gasteiger partial charge in [0, 0.05) is 41.7 Å². The average molecular weight is 503 g/mol. The SMILES string of the molecule is C/C(=N/NC(=O)c1cccc(N/N=C(/C)c2ccc(-n3ccnc3)cc2)c1)c1ccc(-n2ccnc2)cc1. The molecule has 1 amide bonds. The van der Waals surface area contributed by atoms with E-state index in [1.165, 1.54) is 0 Å². The van der Waals surface area contributed by atoms with Crippen molar-refractivity contribution in [2.24, 2.45) is 10.2 Å². The zero-order chi connectivity index (χ0) is 26.3. The number of hydrogen-bond donors (Lipinski definition) is 2. The highest BCUT2D eigenvalue weighted by atomic mass is 16.2. The highest BCUT2D eigenvalue weighted by Crippen LogP contribution is 2.14. The Morgan fingerprint density at radius 3 is 1.79 bits per heavy atom. The molecule has 5 rings (SSSR count). The van der Waals surface area contributed by atoms with Crippen LogP contribution in [0, 0.1) is 0 Å². The predicted octanol–water partition coefficient (Wildman–Crippen LogP) is 5.05. The molecule has 2 N–H and O–H groups in total. The van der Waals surface area contributed by atoms with Crippen molar-refractivity contribution in [2.45, 2.75) is 13.8 Å². The second kappa shape index (κ2) is 11.2. The average Bonchev–Trinajstić information content (AvgIpc) is 3.70. The van der Waals surface area contributed by atoms with Gasteiger partial charge in [-0.15, -0.1) is 0 Å². The molecule has 0 fully saturated rings. The summed E-state index contributed by atoms with van der Waals surface area (Å²) in [7, 11) is 0. The largest absolute Gasteiger partial charge is 0.306 e. The number of hydrogen-bond acceptors (Lipinski definition) is 6. The van der Waals surface area contributed by atoms with E-state index in [4.69, 9.17) is 0 Å². The van der Waals surface area contributed by atoms with Crippen LogP contribution in [-0.4, -0.2) is 36.4 Å². The molecule has 0 atom stereocenters. The summed E-state index contributed by atoms with van der Waals surface area (Å²) in [6.45, 7) is 3.78. The molecule has 0 unspecified atom stereocenters. The topological polar surface area (TPSA) is 101 Å². The third-order valence-corrected chi connectivity index (χ3v) is 5.98. The Morgan fingerprint density at radius 2 is 1.26 bits per heavy atom. The van der Waals surface area contributed by atoms with Crippen LogP contribution in [0.15, 0.2) is 120 Å². The van der Waals surface area contributed by atoms with Crippen LogP contribution in [0.5, 0.6) is 0 Å². The number of carbonyl (C=O) groups is 1. The molecule has 2 heterocycles. The first-order chi connectivity index (χ1) is 18.6. The van der Waals surface area contributed by atoms with Crippen LogP contribution in [0.1, 0.15) is 35.3 Å². The zero-order valence-corrected chi connectivity index (χ0v) is 21.0. The Morgan fingerprint density at radius 1 is 0.711 bits per heavy atom. The fourth-order valence-electron chi connectivity index (χ4n) is 3.78. The van der Waals surface area contributed by atoms with Crippen molar-refractivity contribution in [3.8, 4) is 11.4 Å². The van der Waals surface area contributed by atoms with Gasteiger partial charge in [0.05, 0.1) is 29.8 Å². The minimum Gasteiger partial charge on any atom is -0.306 e. The van der Waals surface area contributed by atoms with Gasteiger partial charge in [0.25, 0.3) is 5.91 Å². The normalized spacial score (nSPS) is 11.8. The van der Waals surface area contributed by atoms with Crippen molar-refractivity contribution in [3.63, 3.8) is 0 Å². The number of benzene rings is 3. The number of anilines is 1. The van der Waals surface area contributed by atoms with Gasteiger partial charge in [0.2, 0.25) is 0 Å². The van der Waals surface area contributed by atoms with Crippen LogP contribution in [0.2, 0.25) is 0 Å². The van der Waals surface area contributed by atoms with Crippen LogP contribution in [0.4, 0.5) is 5.69 Å². The van der Waals surface area contributed by atoms with E-state index in [-0.39, 0.29) is 5.91 Å². The van der Waals surface area contributed by atoms with Gasteiger partial charge in [-0.05, 0) is 67.4 Å².